The largest absolute Gasteiger partial charge is 0.507 e. The highest BCUT2D eigenvalue weighted by Gasteiger charge is 2.45. The highest BCUT2D eigenvalue weighted by molar-refractivity contribution is 6.31. The van der Waals surface area contributed by atoms with Crippen molar-refractivity contribution in [2.24, 2.45) is 11.5 Å². The summed E-state index contributed by atoms with van der Waals surface area (Å²) in [6.07, 6.45) is -5.38. The molecule has 0 spiro atoms. The van der Waals surface area contributed by atoms with Crippen LogP contribution in [0.4, 0.5) is 0 Å². The zero-order chi connectivity index (χ0) is 38.6. The monoisotopic (exact) mass is 736 g/mol. The molecule has 2 aliphatic carbocycles. The number of allylic oxidation sites excluding steroid dienone is 1. The van der Waals surface area contributed by atoms with E-state index in [0.29, 0.717) is 29.5 Å². The number of fused-ring (bicyclic) bond motifs is 3. The van der Waals surface area contributed by atoms with Gasteiger partial charge in [-0.3, -0.25) is 14.4 Å². The summed E-state index contributed by atoms with van der Waals surface area (Å²) in [5.74, 6) is -2.96. The molecule has 5 atom stereocenters. The summed E-state index contributed by atoms with van der Waals surface area (Å²) >= 11 is 0. The predicted molar refractivity (Wildman–Crippen MR) is 195 cm³/mol. The van der Waals surface area contributed by atoms with Gasteiger partial charge in [-0.2, -0.15) is 0 Å². The number of hydrogen-bond acceptors (Lipinski definition) is 13. The molecule has 1 saturated heterocycles. The van der Waals surface area contributed by atoms with E-state index in [-0.39, 0.29) is 56.9 Å². The number of ketones is 2. The van der Waals surface area contributed by atoms with Gasteiger partial charge in [0, 0.05) is 41.2 Å². The first-order valence-corrected chi connectivity index (χ1v) is 17.5. The first-order valence-electron chi connectivity index (χ1n) is 17.5. The predicted octanol–water partition coefficient (Wildman–Crippen LogP) is 2.79. The second-order valence-corrected chi connectivity index (χ2v) is 13.8. The Bertz CT molecular complexity index is 2230. The molecule has 1 aliphatic heterocycles. The van der Waals surface area contributed by atoms with E-state index in [9.17, 15) is 39.9 Å². The van der Waals surface area contributed by atoms with E-state index in [1.54, 1.807) is 24.3 Å². The van der Waals surface area contributed by atoms with Crippen molar-refractivity contribution in [1.82, 2.24) is 0 Å². The Morgan fingerprint density at radius 2 is 1.65 bits per heavy atom. The van der Waals surface area contributed by atoms with Gasteiger partial charge in [-0.15, -0.1) is 0 Å². The molecule has 1 fully saturated rings. The topological polar surface area (TPSA) is 232 Å². The second kappa shape index (κ2) is 14.5. The van der Waals surface area contributed by atoms with Gasteiger partial charge in [0.05, 0.1) is 24.4 Å². The smallest absolute Gasteiger partial charge is 0.308 e. The van der Waals surface area contributed by atoms with Crippen molar-refractivity contribution in [2.45, 2.75) is 76.6 Å². The van der Waals surface area contributed by atoms with Gasteiger partial charge in [-0.05, 0) is 65.3 Å². The molecule has 7 rings (SSSR count). The molecule has 0 unspecified atom stereocenters. The minimum atomic E-state index is -1.75. The van der Waals surface area contributed by atoms with Gasteiger partial charge in [0.25, 0.3) is 0 Å². The number of nitrogens with two attached hydrogens (primary N) is 2. The number of hydrogen-bond donors (Lipinski definition) is 7. The Kier molecular flexibility index (Phi) is 9.98. The molecule has 9 N–H and O–H groups in total. The maximum atomic E-state index is 14.9. The quantitative estimate of drug-likeness (QED) is 0.0691. The molecule has 0 radical (unpaired) electrons. The number of aliphatic hydroxyl groups is 4. The summed E-state index contributed by atoms with van der Waals surface area (Å²) in [7, 11) is 0. The highest BCUT2D eigenvalue weighted by atomic mass is 16.7. The fourth-order valence-corrected chi connectivity index (χ4v) is 7.49. The SMILES string of the molecule is CC(=O)Oc1cc(CO)c2c(c1C1=Cc3ccccc3CC1)C(=O)c1cc(O[C@H]3O[C@H](C)[C@@H](O)[C@@H](O)[C@H]3O)c(Cc3cccc(C(N)N)c3)c(O)c1C2=O. The van der Waals surface area contributed by atoms with Gasteiger partial charge in [0.2, 0.25) is 6.29 Å². The number of carbonyl (C=O) groups excluding carboxylic acids is 3. The van der Waals surface area contributed by atoms with Gasteiger partial charge in [-0.1, -0.05) is 54.6 Å². The zero-order valence-electron chi connectivity index (χ0n) is 29.5. The van der Waals surface area contributed by atoms with Gasteiger partial charge in [0.15, 0.2) is 11.6 Å². The highest BCUT2D eigenvalue weighted by Crippen LogP contribution is 2.47. The summed E-state index contributed by atoms with van der Waals surface area (Å²) in [4.78, 5) is 42.0. The summed E-state index contributed by atoms with van der Waals surface area (Å²) in [6, 6.07) is 17.2. The maximum Gasteiger partial charge on any atom is 0.308 e. The van der Waals surface area contributed by atoms with Crippen molar-refractivity contribution in [1.29, 1.82) is 0 Å². The number of aromatic hydroxyl groups is 1. The van der Waals surface area contributed by atoms with Crippen LogP contribution < -0.4 is 20.9 Å². The van der Waals surface area contributed by atoms with E-state index >= 15 is 0 Å². The first-order chi connectivity index (χ1) is 25.8. The third-order valence-electron chi connectivity index (χ3n) is 10.2. The van der Waals surface area contributed by atoms with Crippen LogP contribution in [0.15, 0.2) is 60.7 Å². The molecule has 0 aromatic heterocycles. The fraction of sp³-hybridized carbons (Fsp3) is 0.293. The molecule has 1 heterocycles. The van der Waals surface area contributed by atoms with Crippen molar-refractivity contribution in [3.63, 3.8) is 0 Å². The lowest BCUT2D eigenvalue weighted by Crippen LogP contribution is -2.58. The summed E-state index contributed by atoms with van der Waals surface area (Å²) < 4.78 is 17.5. The lowest BCUT2D eigenvalue weighted by atomic mass is 9.75. The van der Waals surface area contributed by atoms with E-state index in [1.165, 1.54) is 26.0 Å². The normalized spacial score (nSPS) is 21.9. The number of aliphatic hydroxyl groups excluding tert-OH is 4. The average molecular weight is 737 g/mol. The van der Waals surface area contributed by atoms with Gasteiger partial charge in [0.1, 0.15) is 35.6 Å². The summed E-state index contributed by atoms with van der Waals surface area (Å²) in [6.45, 7) is 1.98. The minimum absolute atomic E-state index is 0.0111. The van der Waals surface area contributed by atoms with Crippen LogP contribution in [0.3, 0.4) is 0 Å². The molecule has 280 valence electrons. The van der Waals surface area contributed by atoms with Crippen molar-refractivity contribution in [2.75, 3.05) is 0 Å². The molecular formula is C41H40N2O11. The molecule has 0 bridgehead atoms. The molecule has 54 heavy (non-hydrogen) atoms. The number of benzene rings is 4. The lowest BCUT2D eigenvalue weighted by molar-refractivity contribution is -0.268. The zero-order valence-corrected chi connectivity index (χ0v) is 29.5. The summed E-state index contributed by atoms with van der Waals surface area (Å²) in [5, 5.41) is 54.3. The van der Waals surface area contributed by atoms with E-state index in [0.717, 1.165) is 11.1 Å². The van der Waals surface area contributed by atoms with Gasteiger partial charge in [-0.25, -0.2) is 0 Å². The van der Waals surface area contributed by atoms with Crippen LogP contribution >= 0.6 is 0 Å². The molecule has 3 aliphatic rings. The summed E-state index contributed by atoms with van der Waals surface area (Å²) in [5.41, 5.74) is 14.9. The number of rotatable bonds is 8. The van der Waals surface area contributed by atoms with Crippen LogP contribution in [-0.4, -0.2) is 73.8 Å². The number of esters is 1. The van der Waals surface area contributed by atoms with Crippen molar-refractivity contribution in [3.8, 4) is 17.2 Å². The minimum Gasteiger partial charge on any atom is -0.507 e. The van der Waals surface area contributed by atoms with Crippen molar-refractivity contribution >= 4 is 29.2 Å². The number of carbonyl (C=O) groups is 3. The van der Waals surface area contributed by atoms with E-state index in [1.807, 2.05) is 30.3 Å². The van der Waals surface area contributed by atoms with Crippen LogP contribution in [0.25, 0.3) is 11.6 Å². The van der Waals surface area contributed by atoms with E-state index < -0.39 is 66.8 Å². The number of phenolic OH excluding ortho intramolecular Hbond substituents is 1. The molecule has 0 saturated carbocycles. The average Bonchev–Trinajstić information content (AvgIpc) is 3.15. The Balaban J connectivity index is 1.45. The van der Waals surface area contributed by atoms with Crippen LogP contribution in [0.1, 0.15) is 97.2 Å². The van der Waals surface area contributed by atoms with Crippen molar-refractivity contribution < 1.29 is 54.1 Å². The van der Waals surface area contributed by atoms with Crippen LogP contribution in [0, 0.1) is 0 Å². The van der Waals surface area contributed by atoms with Gasteiger partial charge >= 0.3 is 5.97 Å². The van der Waals surface area contributed by atoms with Gasteiger partial charge < -0.3 is 51.2 Å². The van der Waals surface area contributed by atoms with Crippen LogP contribution in [-0.2, 0) is 29.0 Å². The molecule has 4 aromatic rings. The lowest BCUT2D eigenvalue weighted by Gasteiger charge is -2.39. The number of aryl methyl sites for hydroxylation is 1. The third kappa shape index (κ3) is 6.49. The number of phenols is 1. The van der Waals surface area contributed by atoms with Crippen LogP contribution in [0.5, 0.6) is 17.2 Å². The standard InChI is InChI=1S/C41H40N2O11/c1-18-34(46)38(50)39(51)41(52-18)54-28-16-27-32(35(47)26(28)13-20-6-5-9-24(12-20)40(42)43)37(49)31-25(17-44)15-29(53-19(2)45)30(33(31)36(27)48)23-11-10-21-7-3-4-8-22(21)14-23/h3-9,12,14-16,18,34,38-41,44,46-47,50-51H,10-11,13,17,42-43H2,1-2H3/t18-,34-,38-,39-,41-/m1/s1. The molecular weight excluding hydrogens is 696 g/mol. The first kappa shape index (κ1) is 37.1. The van der Waals surface area contributed by atoms with E-state index in [4.69, 9.17) is 25.7 Å². The molecule has 4 aromatic carbocycles. The third-order valence-corrected chi connectivity index (χ3v) is 10.2. The van der Waals surface area contributed by atoms with E-state index in [2.05, 4.69) is 0 Å². The van der Waals surface area contributed by atoms with Crippen LogP contribution in [0.2, 0.25) is 0 Å². The maximum absolute atomic E-state index is 14.9. The Morgan fingerprint density at radius 3 is 2.37 bits per heavy atom. The Labute approximate surface area is 310 Å². The Hall–Kier alpha value is -5.25. The fourth-order valence-electron chi connectivity index (χ4n) is 7.49. The molecule has 13 nitrogen and oxygen atoms in total. The molecule has 13 heteroatoms. The second-order valence-electron chi connectivity index (χ2n) is 13.8. The van der Waals surface area contributed by atoms with Crippen molar-refractivity contribution in [3.05, 3.63) is 122 Å². The number of ether oxygens (including phenoxy) is 3. The molecule has 0 amide bonds. The Morgan fingerprint density at radius 1 is 0.889 bits per heavy atom.